The first kappa shape index (κ1) is 17.6. The third-order valence-corrected chi connectivity index (χ3v) is 3.97. The first-order chi connectivity index (χ1) is 12.6. The minimum absolute atomic E-state index is 0.0181. The van der Waals surface area contributed by atoms with Crippen LogP contribution in [0.3, 0.4) is 0 Å². The molecule has 2 aromatic rings. The number of aliphatic imine (C=N–C) groups is 1. The van der Waals surface area contributed by atoms with E-state index in [1.54, 1.807) is 55.8 Å². The summed E-state index contributed by atoms with van der Waals surface area (Å²) in [5.74, 6) is -0.369. The molecule has 2 heterocycles. The van der Waals surface area contributed by atoms with Gasteiger partial charge in [0.25, 0.3) is 5.56 Å². The summed E-state index contributed by atoms with van der Waals surface area (Å²) in [5.41, 5.74) is -0.205. The van der Waals surface area contributed by atoms with E-state index >= 15 is 0 Å². The Hall–Kier alpha value is -3.19. The second kappa shape index (κ2) is 7.79. The van der Waals surface area contributed by atoms with Gasteiger partial charge in [0.1, 0.15) is 5.56 Å². The molecule has 1 aliphatic rings. The normalized spacial score (nSPS) is 14.4. The summed E-state index contributed by atoms with van der Waals surface area (Å²) in [4.78, 5) is 29.9. The van der Waals surface area contributed by atoms with E-state index in [4.69, 9.17) is 4.74 Å². The Morgan fingerprint density at radius 3 is 2.65 bits per heavy atom. The highest BCUT2D eigenvalue weighted by atomic mass is 16.5. The number of hydrogen-bond donors (Lipinski definition) is 1. The van der Waals surface area contributed by atoms with Gasteiger partial charge in [-0.05, 0) is 36.8 Å². The van der Waals surface area contributed by atoms with Crippen LogP contribution in [-0.4, -0.2) is 34.2 Å². The molecule has 1 aromatic heterocycles. The van der Waals surface area contributed by atoms with Crippen molar-refractivity contribution < 1.29 is 9.84 Å². The van der Waals surface area contributed by atoms with E-state index in [1.807, 2.05) is 0 Å². The molecule has 7 heteroatoms. The molecule has 0 spiro atoms. The van der Waals surface area contributed by atoms with Crippen LogP contribution in [0.25, 0.3) is 11.8 Å². The summed E-state index contributed by atoms with van der Waals surface area (Å²) in [6, 6.07) is 8.62. The fourth-order valence-electron chi connectivity index (χ4n) is 2.71. The van der Waals surface area contributed by atoms with E-state index in [2.05, 4.69) is 4.99 Å². The summed E-state index contributed by atoms with van der Waals surface area (Å²) in [6.45, 7) is 0.653. The van der Waals surface area contributed by atoms with Crippen molar-refractivity contribution in [1.29, 1.82) is 0 Å². The molecule has 0 saturated heterocycles. The summed E-state index contributed by atoms with van der Waals surface area (Å²) in [7, 11) is 1.56. The first-order valence-electron chi connectivity index (χ1n) is 8.19. The van der Waals surface area contributed by atoms with Crippen molar-refractivity contribution in [3.05, 3.63) is 74.6 Å². The van der Waals surface area contributed by atoms with Crippen molar-refractivity contribution >= 4 is 12.3 Å². The van der Waals surface area contributed by atoms with E-state index in [-0.39, 0.29) is 18.0 Å². The molecule has 26 heavy (non-hydrogen) atoms. The van der Waals surface area contributed by atoms with Crippen LogP contribution >= 0.6 is 0 Å². The van der Waals surface area contributed by atoms with Crippen molar-refractivity contribution in [1.82, 2.24) is 9.13 Å². The number of rotatable bonds is 6. The van der Waals surface area contributed by atoms with Gasteiger partial charge in [-0.2, -0.15) is 0 Å². The molecule has 1 N–H and O–H groups in total. The zero-order chi connectivity index (χ0) is 18.5. The van der Waals surface area contributed by atoms with Crippen LogP contribution in [0.2, 0.25) is 0 Å². The van der Waals surface area contributed by atoms with E-state index in [1.165, 1.54) is 10.6 Å². The number of para-hydroxylation sites is 1. The SMILES string of the molecule is COCCCn1c(O)c(/C=C2/C=CC=N2)c(=O)n(-c2ccccc2)c1=O. The lowest BCUT2D eigenvalue weighted by Gasteiger charge is -2.14. The highest BCUT2D eigenvalue weighted by Crippen LogP contribution is 2.18. The minimum Gasteiger partial charge on any atom is -0.494 e. The largest absolute Gasteiger partial charge is 0.494 e. The highest BCUT2D eigenvalue weighted by molar-refractivity contribution is 5.79. The van der Waals surface area contributed by atoms with Crippen LogP contribution in [0.15, 0.2) is 62.8 Å². The van der Waals surface area contributed by atoms with Crippen molar-refractivity contribution in [3.8, 4) is 11.6 Å². The van der Waals surface area contributed by atoms with Crippen LogP contribution in [0.5, 0.6) is 5.88 Å². The number of methoxy groups -OCH3 is 1. The van der Waals surface area contributed by atoms with Crippen molar-refractivity contribution in [2.75, 3.05) is 13.7 Å². The lowest BCUT2D eigenvalue weighted by molar-refractivity contribution is 0.188. The molecule has 0 saturated carbocycles. The quantitative estimate of drug-likeness (QED) is 0.801. The van der Waals surface area contributed by atoms with Gasteiger partial charge < -0.3 is 9.84 Å². The number of allylic oxidation sites excluding steroid dienone is 2. The van der Waals surface area contributed by atoms with Gasteiger partial charge >= 0.3 is 5.69 Å². The summed E-state index contributed by atoms with van der Waals surface area (Å²) in [6.07, 6.45) is 7.03. The second-order valence-electron chi connectivity index (χ2n) is 5.70. The summed E-state index contributed by atoms with van der Waals surface area (Å²) < 4.78 is 7.25. The van der Waals surface area contributed by atoms with Gasteiger partial charge in [-0.25, -0.2) is 9.36 Å². The molecular formula is C19H19N3O4. The third-order valence-electron chi connectivity index (χ3n) is 3.97. The van der Waals surface area contributed by atoms with Crippen LogP contribution < -0.4 is 11.2 Å². The fraction of sp³-hybridized carbons (Fsp3) is 0.211. The number of nitrogens with zero attached hydrogens (tertiary/aromatic N) is 3. The molecule has 0 unspecified atom stereocenters. The lowest BCUT2D eigenvalue weighted by Crippen LogP contribution is -2.40. The molecule has 134 valence electrons. The van der Waals surface area contributed by atoms with Crippen molar-refractivity contribution in [3.63, 3.8) is 0 Å². The number of hydrogen-bond acceptors (Lipinski definition) is 5. The van der Waals surface area contributed by atoms with Crippen molar-refractivity contribution in [2.45, 2.75) is 13.0 Å². The molecule has 1 aliphatic heterocycles. The average Bonchev–Trinajstić information content (AvgIpc) is 3.16. The van der Waals surface area contributed by atoms with Gasteiger partial charge in [0.05, 0.1) is 11.4 Å². The molecule has 0 bridgehead atoms. The standard InChI is InChI=1S/C19H19N3O4/c1-26-12-6-11-21-17(23)16(13-14-7-5-10-20-14)18(24)22(19(21)25)15-8-3-2-4-9-15/h2-5,7-10,13,23H,6,11-12H2,1H3/b14-13-. The zero-order valence-electron chi connectivity index (χ0n) is 14.3. The number of ether oxygens (including phenoxy) is 1. The van der Waals surface area contributed by atoms with E-state index in [0.717, 1.165) is 4.57 Å². The maximum Gasteiger partial charge on any atom is 0.338 e. The van der Waals surface area contributed by atoms with Gasteiger partial charge in [0.2, 0.25) is 5.88 Å². The van der Waals surface area contributed by atoms with Crippen LogP contribution in [0.1, 0.15) is 12.0 Å². The Morgan fingerprint density at radius 2 is 2.00 bits per heavy atom. The molecule has 0 amide bonds. The Labute approximate surface area is 149 Å². The maximum atomic E-state index is 12.9. The van der Waals surface area contributed by atoms with Gasteiger partial charge in [0, 0.05) is 26.5 Å². The molecule has 0 atom stereocenters. The Morgan fingerprint density at radius 1 is 1.23 bits per heavy atom. The number of aromatic nitrogens is 2. The van der Waals surface area contributed by atoms with E-state index in [0.29, 0.717) is 24.4 Å². The van der Waals surface area contributed by atoms with Crippen LogP contribution in [0.4, 0.5) is 0 Å². The lowest BCUT2D eigenvalue weighted by atomic mass is 10.2. The summed E-state index contributed by atoms with van der Waals surface area (Å²) in [5, 5.41) is 10.6. The Balaban J connectivity index is 2.24. The molecule has 1 aromatic carbocycles. The number of benzene rings is 1. The highest BCUT2D eigenvalue weighted by Gasteiger charge is 2.18. The second-order valence-corrected chi connectivity index (χ2v) is 5.70. The molecule has 0 radical (unpaired) electrons. The third kappa shape index (κ3) is 3.43. The molecule has 0 aliphatic carbocycles. The van der Waals surface area contributed by atoms with Gasteiger partial charge in [-0.1, -0.05) is 18.2 Å². The topological polar surface area (TPSA) is 85.8 Å². The number of aromatic hydroxyl groups is 1. The first-order valence-corrected chi connectivity index (χ1v) is 8.19. The zero-order valence-corrected chi connectivity index (χ0v) is 14.3. The fourth-order valence-corrected chi connectivity index (χ4v) is 2.71. The summed E-state index contributed by atoms with van der Waals surface area (Å²) >= 11 is 0. The monoisotopic (exact) mass is 353 g/mol. The predicted octanol–water partition coefficient (Wildman–Crippen LogP) is 1.72. The van der Waals surface area contributed by atoms with E-state index < -0.39 is 11.2 Å². The predicted molar refractivity (Wildman–Crippen MR) is 100 cm³/mol. The average molecular weight is 353 g/mol. The maximum absolute atomic E-state index is 12.9. The van der Waals surface area contributed by atoms with Crippen molar-refractivity contribution in [2.24, 2.45) is 4.99 Å². The molecular weight excluding hydrogens is 334 g/mol. The molecule has 0 fully saturated rings. The van der Waals surface area contributed by atoms with Crippen LogP contribution in [0, 0.1) is 0 Å². The van der Waals surface area contributed by atoms with Crippen LogP contribution in [-0.2, 0) is 11.3 Å². The van der Waals surface area contributed by atoms with Gasteiger partial charge in [0.15, 0.2) is 0 Å². The van der Waals surface area contributed by atoms with Gasteiger partial charge in [-0.15, -0.1) is 0 Å². The van der Waals surface area contributed by atoms with E-state index in [9.17, 15) is 14.7 Å². The molecule has 3 rings (SSSR count). The smallest absolute Gasteiger partial charge is 0.338 e. The van der Waals surface area contributed by atoms with Gasteiger partial charge in [-0.3, -0.25) is 14.4 Å². The Bertz CT molecular complexity index is 984. The molecule has 7 nitrogen and oxygen atoms in total. The Kier molecular flexibility index (Phi) is 5.28. The minimum atomic E-state index is -0.595.